The van der Waals surface area contributed by atoms with Crippen LogP contribution in [0.25, 0.3) is 0 Å². The quantitative estimate of drug-likeness (QED) is 0.354. The predicted octanol–water partition coefficient (Wildman–Crippen LogP) is 6.80. The largest absolute Gasteiger partial charge is 0.339 e. The number of allylic oxidation sites excluding steroid dienone is 1. The highest BCUT2D eigenvalue weighted by Crippen LogP contribution is 2.46. The van der Waals surface area contributed by atoms with Crippen LogP contribution in [-0.2, 0) is 22.4 Å². The van der Waals surface area contributed by atoms with Gasteiger partial charge in [0.05, 0.1) is 5.69 Å². The number of halogens is 3. The molecular weight excluding hydrogens is 580 g/mol. The number of ketones is 1. The third kappa shape index (κ3) is 5.05. The predicted molar refractivity (Wildman–Crippen MR) is 141 cm³/mol. The molecule has 1 atom stereocenters. The Hall–Kier alpha value is -1.50. The van der Waals surface area contributed by atoms with Crippen LogP contribution in [0.5, 0.6) is 0 Å². The lowest BCUT2D eigenvalue weighted by Crippen LogP contribution is -2.39. The van der Waals surface area contributed by atoms with E-state index < -0.39 is 0 Å². The number of fused-ring (bicyclic) bond motifs is 2. The van der Waals surface area contributed by atoms with Gasteiger partial charge in [0.15, 0.2) is 0 Å². The summed E-state index contributed by atoms with van der Waals surface area (Å²) in [6.07, 6.45) is 10.0. The Morgan fingerprint density at radius 2 is 1.71 bits per heavy atom. The average molecular weight is 607 g/mol. The number of hydrogen-bond donors (Lipinski definition) is 0. The summed E-state index contributed by atoms with van der Waals surface area (Å²) >= 11 is 13.8. The molecule has 178 valence electrons. The Balaban J connectivity index is 1.39. The fourth-order valence-corrected chi connectivity index (χ4v) is 7.24. The van der Waals surface area contributed by atoms with Crippen LogP contribution >= 0.6 is 43.5 Å². The van der Waals surface area contributed by atoms with E-state index in [1.165, 1.54) is 16.7 Å². The van der Waals surface area contributed by atoms with Gasteiger partial charge in [0.25, 0.3) is 0 Å². The summed E-state index contributed by atoms with van der Waals surface area (Å²) in [5, 5.41) is 0.752. The van der Waals surface area contributed by atoms with Crippen molar-refractivity contribution >= 4 is 55.2 Å². The topological polar surface area (TPSA) is 50.3 Å². The van der Waals surface area contributed by atoms with E-state index in [1.54, 1.807) is 6.08 Å². The van der Waals surface area contributed by atoms with Crippen LogP contribution in [0.1, 0.15) is 66.8 Å². The fraction of sp³-hybridized carbons (Fsp3) is 0.444. The first-order chi connectivity index (χ1) is 16.4. The number of piperidine rings is 1. The zero-order valence-corrected chi connectivity index (χ0v) is 22.9. The standard InChI is InChI=1S/C27H27Br2ClN2O2/c28-20-12-19-4-3-18-13-21(30)14-23(29)25(18)26(27(19)31-15-20)17-7-9-32(10-8-17)24(34)11-16-1-5-22(33)6-2-16/h11-15,17,26H,1-10H2/t26-/m1/s1. The number of aryl methyl sites for hydroxylation is 2. The zero-order valence-electron chi connectivity index (χ0n) is 19.0. The number of hydrogen-bond acceptors (Lipinski definition) is 3. The van der Waals surface area contributed by atoms with Crippen molar-refractivity contribution in [2.45, 2.75) is 57.3 Å². The van der Waals surface area contributed by atoms with Crippen LogP contribution in [0.2, 0.25) is 5.02 Å². The molecule has 4 nitrogen and oxygen atoms in total. The molecule has 2 aliphatic carbocycles. The van der Waals surface area contributed by atoms with Gasteiger partial charge in [0.2, 0.25) is 5.91 Å². The van der Waals surface area contributed by atoms with Gasteiger partial charge in [0.1, 0.15) is 5.78 Å². The van der Waals surface area contributed by atoms with Crippen molar-refractivity contribution in [1.82, 2.24) is 9.88 Å². The molecule has 2 fully saturated rings. The summed E-state index contributed by atoms with van der Waals surface area (Å²) in [5.74, 6) is 0.972. The number of carbonyl (C=O) groups is 2. The van der Waals surface area contributed by atoms with Crippen LogP contribution < -0.4 is 0 Å². The maximum Gasteiger partial charge on any atom is 0.246 e. The van der Waals surface area contributed by atoms with E-state index in [2.05, 4.69) is 44.0 Å². The van der Waals surface area contributed by atoms with Gasteiger partial charge in [-0.2, -0.15) is 0 Å². The number of rotatable bonds is 2. The molecule has 1 amide bonds. The van der Waals surface area contributed by atoms with E-state index in [9.17, 15) is 9.59 Å². The lowest BCUT2D eigenvalue weighted by atomic mass is 9.76. The zero-order chi connectivity index (χ0) is 23.8. The second kappa shape index (κ2) is 10.2. The van der Waals surface area contributed by atoms with Crippen molar-refractivity contribution < 1.29 is 9.59 Å². The average Bonchev–Trinajstić information content (AvgIpc) is 2.97. The number of benzene rings is 1. The van der Waals surface area contributed by atoms with Crippen LogP contribution in [0.3, 0.4) is 0 Å². The van der Waals surface area contributed by atoms with E-state index in [0.29, 0.717) is 24.5 Å². The van der Waals surface area contributed by atoms with Gasteiger partial charge in [-0.1, -0.05) is 33.1 Å². The Labute approximate surface area is 222 Å². The highest BCUT2D eigenvalue weighted by Gasteiger charge is 2.36. The van der Waals surface area contributed by atoms with E-state index in [-0.39, 0.29) is 11.8 Å². The minimum absolute atomic E-state index is 0.0967. The molecule has 1 saturated heterocycles. The van der Waals surface area contributed by atoms with Gasteiger partial charge in [-0.05, 0) is 95.3 Å². The molecule has 1 aromatic heterocycles. The van der Waals surface area contributed by atoms with Crippen molar-refractivity contribution in [3.8, 4) is 0 Å². The third-order valence-electron chi connectivity index (χ3n) is 7.52. The van der Waals surface area contributed by atoms with E-state index >= 15 is 0 Å². The fourth-order valence-electron chi connectivity index (χ4n) is 5.74. The normalized spacial score (nSPS) is 21.0. The van der Waals surface area contributed by atoms with Crippen molar-refractivity contribution in [3.05, 3.63) is 72.4 Å². The SMILES string of the molecule is O=C1CCC(=CC(=O)N2CCC([C@H]3c4ncc(Br)cc4CCc4cc(Cl)cc(Br)c43)CC2)CC1. The van der Waals surface area contributed by atoms with Crippen molar-refractivity contribution in [3.63, 3.8) is 0 Å². The second-order valence-electron chi connectivity index (χ2n) is 9.64. The molecule has 2 heterocycles. The van der Waals surface area contributed by atoms with Gasteiger partial charge in [-0.25, -0.2) is 0 Å². The molecule has 1 aliphatic heterocycles. The van der Waals surface area contributed by atoms with Crippen LogP contribution in [-0.4, -0.2) is 34.7 Å². The smallest absolute Gasteiger partial charge is 0.246 e. The number of nitrogens with zero attached hydrogens (tertiary/aromatic N) is 2. The number of likely N-dealkylation sites (tertiary alicyclic amines) is 1. The number of aromatic nitrogens is 1. The minimum atomic E-state index is 0.0967. The molecule has 7 heteroatoms. The minimum Gasteiger partial charge on any atom is -0.339 e. The monoisotopic (exact) mass is 604 g/mol. The Bertz CT molecular complexity index is 1160. The van der Waals surface area contributed by atoms with E-state index in [4.69, 9.17) is 16.6 Å². The second-order valence-corrected chi connectivity index (χ2v) is 11.8. The molecule has 2 aromatic rings. The molecule has 1 saturated carbocycles. The van der Waals surface area contributed by atoms with Gasteiger partial charge in [-0.15, -0.1) is 0 Å². The van der Waals surface area contributed by atoms with Gasteiger partial charge >= 0.3 is 0 Å². The molecule has 1 aromatic carbocycles. The lowest BCUT2D eigenvalue weighted by Gasteiger charge is -2.37. The third-order valence-corrected chi connectivity index (χ3v) is 8.83. The van der Waals surface area contributed by atoms with Gasteiger partial charge in [-0.3, -0.25) is 14.6 Å². The first-order valence-electron chi connectivity index (χ1n) is 12.0. The maximum absolute atomic E-state index is 12.9. The number of Topliss-reactive ketones (excluding diaryl/α,β-unsaturated/α-hetero) is 1. The molecule has 34 heavy (non-hydrogen) atoms. The van der Waals surface area contributed by atoms with Crippen LogP contribution in [0.15, 0.2) is 45.0 Å². The van der Waals surface area contributed by atoms with Gasteiger partial charge in [0, 0.05) is 58.1 Å². The number of pyridine rings is 1. The molecule has 0 spiro atoms. The van der Waals surface area contributed by atoms with Crippen LogP contribution in [0.4, 0.5) is 0 Å². The molecule has 0 N–H and O–H groups in total. The Morgan fingerprint density at radius 3 is 2.44 bits per heavy atom. The molecule has 0 radical (unpaired) electrons. The molecule has 0 unspecified atom stereocenters. The summed E-state index contributed by atoms with van der Waals surface area (Å²) in [5.41, 5.74) is 6.15. The van der Waals surface area contributed by atoms with Crippen molar-refractivity contribution in [1.29, 1.82) is 0 Å². The molecule has 5 rings (SSSR count). The molecular formula is C27H27Br2ClN2O2. The van der Waals surface area contributed by atoms with Crippen molar-refractivity contribution in [2.75, 3.05) is 13.1 Å². The lowest BCUT2D eigenvalue weighted by molar-refractivity contribution is -0.127. The summed E-state index contributed by atoms with van der Waals surface area (Å²) in [6.45, 7) is 1.49. The maximum atomic E-state index is 12.9. The first kappa shape index (κ1) is 24.2. The number of amides is 1. The highest BCUT2D eigenvalue weighted by atomic mass is 79.9. The highest BCUT2D eigenvalue weighted by molar-refractivity contribution is 9.10. The van der Waals surface area contributed by atoms with Gasteiger partial charge < -0.3 is 4.90 Å². The van der Waals surface area contributed by atoms with E-state index in [1.807, 2.05) is 17.2 Å². The first-order valence-corrected chi connectivity index (χ1v) is 14.0. The summed E-state index contributed by atoms with van der Waals surface area (Å²) in [6, 6.07) is 6.31. The molecule has 3 aliphatic rings. The van der Waals surface area contributed by atoms with Crippen LogP contribution in [0, 0.1) is 5.92 Å². The van der Waals surface area contributed by atoms with E-state index in [0.717, 1.165) is 76.8 Å². The Kier molecular flexibility index (Phi) is 7.29. The summed E-state index contributed by atoms with van der Waals surface area (Å²) in [7, 11) is 0. The Morgan fingerprint density at radius 1 is 1.00 bits per heavy atom. The summed E-state index contributed by atoms with van der Waals surface area (Å²) in [4.78, 5) is 31.3. The number of carbonyl (C=O) groups excluding carboxylic acids is 2. The van der Waals surface area contributed by atoms with Crippen molar-refractivity contribution in [2.24, 2.45) is 5.92 Å². The molecule has 0 bridgehead atoms. The summed E-state index contributed by atoms with van der Waals surface area (Å²) < 4.78 is 2.05.